The van der Waals surface area contributed by atoms with Gasteiger partial charge in [-0.1, -0.05) is 48.5 Å². The number of benzene rings is 2. The number of nitrogens with zero attached hydrogens (tertiary/aromatic N) is 1. The quantitative estimate of drug-likeness (QED) is 0.810. The van der Waals surface area contributed by atoms with Gasteiger partial charge in [0.1, 0.15) is 5.41 Å². The maximum Gasteiger partial charge on any atom is 0.239 e. The van der Waals surface area contributed by atoms with E-state index in [4.69, 9.17) is 9.47 Å². The van der Waals surface area contributed by atoms with Crippen LogP contribution in [-0.4, -0.2) is 36.9 Å². The number of para-hydroxylation sites is 1. The Kier molecular flexibility index (Phi) is 4.22. The lowest BCUT2D eigenvalue weighted by molar-refractivity contribution is -0.154. The van der Waals surface area contributed by atoms with Crippen LogP contribution in [0.15, 0.2) is 54.6 Å². The van der Waals surface area contributed by atoms with Gasteiger partial charge in [0.05, 0.1) is 19.3 Å². The van der Waals surface area contributed by atoms with E-state index in [9.17, 15) is 9.59 Å². The van der Waals surface area contributed by atoms with E-state index in [1.54, 1.807) is 0 Å². The third-order valence-corrected chi connectivity index (χ3v) is 6.39. The van der Waals surface area contributed by atoms with Gasteiger partial charge in [-0.15, -0.1) is 0 Å². The Hall–Kier alpha value is -2.70. The maximum absolute atomic E-state index is 13.2. The number of imide groups is 1. The highest BCUT2D eigenvalue weighted by Crippen LogP contribution is 2.52. The standard InChI is InChI=1S/C23H24N2O4/c1-22(28-11-12-29-22)13-19-23(14-20(26)24-21(23)27)17-9-5-6-10-18(17)25(19)15-16-7-3-2-4-8-16/h2-10,19H,11-15H2,1H3,(H,24,26,27)/t19-,23+/m1/s1. The van der Waals surface area contributed by atoms with Gasteiger partial charge in [-0.3, -0.25) is 14.9 Å². The maximum atomic E-state index is 13.2. The fourth-order valence-electron chi connectivity index (χ4n) is 5.10. The van der Waals surface area contributed by atoms with Gasteiger partial charge < -0.3 is 14.4 Å². The molecule has 150 valence electrons. The Morgan fingerprint density at radius 1 is 1.03 bits per heavy atom. The molecule has 2 atom stereocenters. The summed E-state index contributed by atoms with van der Waals surface area (Å²) in [6.07, 6.45) is 0.643. The van der Waals surface area contributed by atoms with Gasteiger partial charge in [0, 0.05) is 25.1 Å². The molecule has 0 saturated carbocycles. The summed E-state index contributed by atoms with van der Waals surface area (Å²) in [5.41, 5.74) is 2.12. The molecule has 6 heteroatoms. The zero-order valence-electron chi connectivity index (χ0n) is 16.4. The second kappa shape index (κ2) is 6.68. The van der Waals surface area contributed by atoms with E-state index in [1.165, 1.54) is 0 Å². The number of hydrogen-bond donors (Lipinski definition) is 1. The number of rotatable bonds is 4. The normalized spacial score (nSPS) is 27.5. The van der Waals surface area contributed by atoms with Crippen LogP contribution in [0, 0.1) is 0 Å². The third kappa shape index (κ3) is 2.86. The number of amides is 2. The summed E-state index contributed by atoms with van der Waals surface area (Å²) in [4.78, 5) is 27.8. The number of fused-ring (bicyclic) bond motifs is 2. The molecule has 0 aliphatic carbocycles. The molecule has 3 aliphatic heterocycles. The molecule has 2 aromatic carbocycles. The molecule has 2 fully saturated rings. The molecule has 0 unspecified atom stereocenters. The van der Waals surface area contributed by atoms with E-state index in [0.29, 0.717) is 26.2 Å². The highest BCUT2D eigenvalue weighted by molar-refractivity contribution is 6.11. The molecule has 29 heavy (non-hydrogen) atoms. The molecule has 1 spiro atoms. The summed E-state index contributed by atoms with van der Waals surface area (Å²) < 4.78 is 11.8. The SMILES string of the molecule is CC1(C[C@H]2N(Cc3ccccc3)c3ccccc3[C@@]23CC(=O)NC3=O)OCCO1. The average Bonchev–Trinajstić information content (AvgIpc) is 3.35. The second-order valence-electron chi connectivity index (χ2n) is 8.21. The van der Waals surface area contributed by atoms with Gasteiger partial charge in [-0.05, 0) is 24.1 Å². The fourth-order valence-corrected chi connectivity index (χ4v) is 5.10. The Morgan fingerprint density at radius 3 is 2.41 bits per heavy atom. The van der Waals surface area contributed by atoms with Crippen LogP contribution in [0.25, 0.3) is 0 Å². The second-order valence-corrected chi connectivity index (χ2v) is 8.21. The lowest BCUT2D eigenvalue weighted by atomic mass is 9.73. The van der Waals surface area contributed by atoms with Crippen molar-refractivity contribution in [2.45, 2.75) is 43.6 Å². The van der Waals surface area contributed by atoms with Crippen molar-refractivity contribution in [2.24, 2.45) is 0 Å². The summed E-state index contributed by atoms with van der Waals surface area (Å²) in [6, 6.07) is 17.8. The van der Waals surface area contributed by atoms with E-state index in [2.05, 4.69) is 22.3 Å². The van der Waals surface area contributed by atoms with E-state index in [1.807, 2.05) is 49.4 Å². The molecule has 2 saturated heterocycles. The zero-order valence-corrected chi connectivity index (χ0v) is 16.4. The van der Waals surface area contributed by atoms with Crippen LogP contribution in [0.4, 0.5) is 5.69 Å². The fraction of sp³-hybridized carbons (Fsp3) is 0.391. The van der Waals surface area contributed by atoms with Gasteiger partial charge in [-0.25, -0.2) is 0 Å². The summed E-state index contributed by atoms with van der Waals surface area (Å²) in [5.74, 6) is -1.23. The molecule has 5 rings (SSSR count). The number of ether oxygens (including phenoxy) is 2. The smallest absolute Gasteiger partial charge is 0.239 e. The van der Waals surface area contributed by atoms with Crippen LogP contribution in [0.3, 0.4) is 0 Å². The van der Waals surface area contributed by atoms with Crippen molar-refractivity contribution in [3.05, 3.63) is 65.7 Å². The molecular weight excluding hydrogens is 368 g/mol. The van der Waals surface area contributed by atoms with Crippen molar-refractivity contribution >= 4 is 17.5 Å². The van der Waals surface area contributed by atoms with Crippen molar-refractivity contribution in [3.63, 3.8) is 0 Å². The minimum absolute atomic E-state index is 0.148. The molecule has 3 aliphatic rings. The van der Waals surface area contributed by atoms with E-state index >= 15 is 0 Å². The largest absolute Gasteiger partial charge is 0.362 e. The Bertz CT molecular complexity index is 954. The number of carbonyl (C=O) groups is 2. The molecular formula is C23H24N2O4. The minimum atomic E-state index is -0.930. The topological polar surface area (TPSA) is 67.9 Å². The zero-order chi connectivity index (χ0) is 20.1. The van der Waals surface area contributed by atoms with Crippen molar-refractivity contribution in [1.82, 2.24) is 5.32 Å². The Morgan fingerprint density at radius 2 is 1.72 bits per heavy atom. The summed E-state index contributed by atoms with van der Waals surface area (Å²) >= 11 is 0. The minimum Gasteiger partial charge on any atom is -0.362 e. The molecule has 2 aromatic rings. The molecule has 0 aromatic heterocycles. The predicted octanol–water partition coefficient (Wildman–Crippen LogP) is 2.51. The number of anilines is 1. The molecule has 0 radical (unpaired) electrons. The van der Waals surface area contributed by atoms with Crippen LogP contribution < -0.4 is 10.2 Å². The molecule has 1 N–H and O–H groups in total. The Labute approximate surface area is 169 Å². The Balaban J connectivity index is 1.63. The van der Waals surface area contributed by atoms with Crippen molar-refractivity contribution in [1.29, 1.82) is 0 Å². The lowest BCUT2D eigenvalue weighted by Gasteiger charge is -2.38. The third-order valence-electron chi connectivity index (χ3n) is 6.39. The predicted molar refractivity (Wildman–Crippen MR) is 107 cm³/mol. The van der Waals surface area contributed by atoms with Crippen molar-refractivity contribution < 1.29 is 19.1 Å². The first-order valence-electron chi connectivity index (χ1n) is 10.0. The first-order valence-corrected chi connectivity index (χ1v) is 10.0. The van der Waals surface area contributed by atoms with Gasteiger partial charge in [0.2, 0.25) is 11.8 Å². The molecule has 0 bridgehead atoms. The van der Waals surface area contributed by atoms with Crippen LogP contribution in [0.1, 0.15) is 30.9 Å². The highest BCUT2D eigenvalue weighted by atomic mass is 16.7. The van der Waals surface area contributed by atoms with Crippen LogP contribution in [0.2, 0.25) is 0 Å². The van der Waals surface area contributed by atoms with Gasteiger partial charge in [-0.2, -0.15) is 0 Å². The van der Waals surface area contributed by atoms with Crippen LogP contribution in [0.5, 0.6) is 0 Å². The summed E-state index contributed by atoms with van der Waals surface area (Å²) in [6.45, 7) is 3.63. The molecule has 2 amide bonds. The highest BCUT2D eigenvalue weighted by Gasteiger charge is 2.61. The van der Waals surface area contributed by atoms with Crippen molar-refractivity contribution in [3.8, 4) is 0 Å². The molecule has 3 heterocycles. The van der Waals surface area contributed by atoms with E-state index < -0.39 is 11.2 Å². The average molecular weight is 392 g/mol. The van der Waals surface area contributed by atoms with Crippen LogP contribution in [-0.2, 0) is 31.0 Å². The van der Waals surface area contributed by atoms with Crippen molar-refractivity contribution in [2.75, 3.05) is 18.1 Å². The van der Waals surface area contributed by atoms with E-state index in [0.717, 1.165) is 16.8 Å². The molecule has 6 nitrogen and oxygen atoms in total. The number of carbonyl (C=O) groups excluding carboxylic acids is 2. The number of nitrogens with one attached hydrogen (secondary N) is 1. The van der Waals surface area contributed by atoms with Gasteiger partial charge >= 0.3 is 0 Å². The lowest BCUT2D eigenvalue weighted by Crippen LogP contribution is -2.52. The van der Waals surface area contributed by atoms with Gasteiger partial charge in [0.25, 0.3) is 0 Å². The van der Waals surface area contributed by atoms with Gasteiger partial charge in [0.15, 0.2) is 5.79 Å². The summed E-state index contributed by atoms with van der Waals surface area (Å²) in [7, 11) is 0. The monoisotopic (exact) mass is 392 g/mol. The summed E-state index contributed by atoms with van der Waals surface area (Å²) in [5, 5.41) is 2.56. The first kappa shape index (κ1) is 18.3. The van der Waals surface area contributed by atoms with Crippen LogP contribution >= 0.6 is 0 Å². The van der Waals surface area contributed by atoms with E-state index in [-0.39, 0.29) is 24.3 Å². The number of hydrogen-bond acceptors (Lipinski definition) is 5. The first-order chi connectivity index (χ1) is 14.0.